The van der Waals surface area contributed by atoms with E-state index in [4.69, 9.17) is 16.9 Å². The molecule has 0 aromatic heterocycles. The van der Waals surface area contributed by atoms with Crippen LogP contribution in [0.1, 0.15) is 26.3 Å². The second kappa shape index (κ2) is 8.20. The summed E-state index contributed by atoms with van der Waals surface area (Å²) in [5.41, 5.74) is -2.45. The number of Topliss-reactive ketones (excluding diaryl/α,β-unsaturated/α-hetero) is 1. The Balaban J connectivity index is 0.00000441. The van der Waals surface area contributed by atoms with E-state index in [0.29, 0.717) is 0 Å². The maximum atomic E-state index is 12.3. The summed E-state index contributed by atoms with van der Waals surface area (Å²) in [5, 5.41) is 32.4. The van der Waals surface area contributed by atoms with Gasteiger partial charge in [-0.1, -0.05) is 38.1 Å². The predicted octanol–water partition coefficient (Wildman–Crippen LogP) is -0.538. The number of rotatable bonds is 3. The average molecular weight is 347 g/mol. The molecule has 0 atom stereocenters. The quantitative estimate of drug-likeness (QED) is 0.182. The molecule has 0 amide bonds. The summed E-state index contributed by atoms with van der Waals surface area (Å²) < 4.78 is 0. The van der Waals surface area contributed by atoms with Crippen LogP contribution in [0.3, 0.4) is 0 Å². The fourth-order valence-corrected chi connectivity index (χ4v) is 1.73. The van der Waals surface area contributed by atoms with Gasteiger partial charge in [-0.05, 0) is 12.1 Å². The second-order valence-electron chi connectivity index (χ2n) is 5.31. The maximum absolute atomic E-state index is 12.3. The molecule has 6 nitrogen and oxygen atoms in total. The van der Waals surface area contributed by atoms with E-state index in [9.17, 15) is 20.0 Å². The molecular formula is C14H12ClKN2O4. The van der Waals surface area contributed by atoms with Gasteiger partial charge in [0.15, 0.2) is 5.78 Å². The summed E-state index contributed by atoms with van der Waals surface area (Å²) in [6.45, 7) is 4.66. The number of carbonyl (C=O) groups excluding carboxylic acids is 1. The Bertz CT molecular complexity index is 687. The fraction of sp³-hybridized carbons (Fsp3) is 0.286. The van der Waals surface area contributed by atoms with E-state index < -0.39 is 33.1 Å². The molecule has 0 radical (unpaired) electrons. The molecule has 0 aliphatic rings. The Hall–Kier alpha value is -0.754. The van der Waals surface area contributed by atoms with Crippen molar-refractivity contribution in [1.29, 1.82) is 5.26 Å². The Morgan fingerprint density at radius 2 is 1.91 bits per heavy atom. The van der Waals surface area contributed by atoms with Gasteiger partial charge in [-0.15, -0.1) is 0 Å². The van der Waals surface area contributed by atoms with Crippen molar-refractivity contribution in [2.45, 2.75) is 20.8 Å². The summed E-state index contributed by atoms with van der Waals surface area (Å²) >= 11 is 5.66. The molecule has 0 spiro atoms. The predicted molar refractivity (Wildman–Crippen MR) is 75.1 cm³/mol. The molecule has 0 saturated carbocycles. The molecule has 22 heavy (non-hydrogen) atoms. The first-order valence-corrected chi connectivity index (χ1v) is 6.28. The van der Waals surface area contributed by atoms with Crippen LogP contribution in [-0.4, -0.2) is 10.7 Å². The van der Waals surface area contributed by atoms with E-state index in [-0.39, 0.29) is 62.0 Å². The van der Waals surface area contributed by atoms with Crippen molar-refractivity contribution in [3.05, 3.63) is 44.5 Å². The minimum Gasteiger partial charge on any atom is -0.871 e. The third kappa shape index (κ3) is 4.88. The molecule has 8 heteroatoms. The Morgan fingerprint density at radius 3 is 2.32 bits per heavy atom. The van der Waals surface area contributed by atoms with Crippen LogP contribution >= 0.6 is 11.6 Å². The molecule has 110 valence electrons. The van der Waals surface area contributed by atoms with E-state index in [2.05, 4.69) is 0 Å². The Morgan fingerprint density at radius 1 is 1.36 bits per heavy atom. The summed E-state index contributed by atoms with van der Waals surface area (Å²) in [6.07, 6.45) is 0. The molecule has 1 aromatic rings. The molecule has 0 N–H and O–H groups in total. The van der Waals surface area contributed by atoms with Crippen LogP contribution in [0.15, 0.2) is 23.8 Å². The number of ketones is 1. The molecule has 0 unspecified atom stereocenters. The molecule has 0 fully saturated rings. The maximum Gasteiger partial charge on any atom is 1.00 e. The van der Waals surface area contributed by atoms with Crippen molar-refractivity contribution in [2.24, 2.45) is 5.41 Å². The van der Waals surface area contributed by atoms with E-state index in [1.54, 1.807) is 26.8 Å². The minimum absolute atomic E-state index is 0. The van der Waals surface area contributed by atoms with Crippen molar-refractivity contribution in [3.63, 3.8) is 0 Å². The van der Waals surface area contributed by atoms with E-state index in [1.165, 1.54) is 6.07 Å². The second-order valence-corrected chi connectivity index (χ2v) is 5.75. The number of halogens is 1. The summed E-state index contributed by atoms with van der Waals surface area (Å²) in [7, 11) is 0. The zero-order valence-corrected chi connectivity index (χ0v) is 16.5. The topological polar surface area (TPSA) is 107 Å². The van der Waals surface area contributed by atoms with Crippen LogP contribution in [0.4, 0.5) is 5.69 Å². The number of hydrogen-bond acceptors (Lipinski definition) is 5. The summed E-state index contributed by atoms with van der Waals surface area (Å²) in [4.78, 5) is 22.3. The van der Waals surface area contributed by atoms with Crippen LogP contribution in [0.5, 0.6) is 0 Å². The summed E-state index contributed by atoms with van der Waals surface area (Å²) in [5.74, 6) is -1.64. The Labute approximate surface area is 175 Å². The summed E-state index contributed by atoms with van der Waals surface area (Å²) in [6, 6.07) is 4.98. The van der Waals surface area contributed by atoms with Gasteiger partial charge in [0.25, 0.3) is 5.69 Å². The first-order valence-electron chi connectivity index (χ1n) is 5.90. The van der Waals surface area contributed by atoms with Gasteiger partial charge in [0, 0.05) is 22.1 Å². The zero-order chi connectivity index (χ0) is 16.4. The minimum atomic E-state index is -0.971. The molecule has 1 rings (SSSR count). The SMILES string of the molecule is CC(C)(C)C(=O)/C(C#N)=C(\[O-])c1ccc(Cl)cc1[N+](=O)[O-].[K+]. The fourth-order valence-electron chi connectivity index (χ4n) is 1.56. The van der Waals surface area contributed by atoms with Gasteiger partial charge in [0.05, 0.1) is 10.5 Å². The average Bonchev–Trinajstić information content (AvgIpc) is 2.37. The largest absolute Gasteiger partial charge is 1.00 e. The number of nitro groups is 1. The van der Waals surface area contributed by atoms with Gasteiger partial charge in [-0.25, -0.2) is 0 Å². The molecule has 0 heterocycles. The third-order valence-corrected chi connectivity index (χ3v) is 2.88. The van der Waals surface area contributed by atoms with E-state index in [0.717, 1.165) is 12.1 Å². The van der Waals surface area contributed by atoms with Crippen LogP contribution in [0, 0.1) is 26.9 Å². The van der Waals surface area contributed by atoms with Crippen LogP contribution in [0.25, 0.3) is 5.76 Å². The number of benzene rings is 1. The number of carbonyl (C=O) groups is 1. The van der Waals surface area contributed by atoms with Crippen LogP contribution < -0.4 is 56.5 Å². The first-order chi connectivity index (χ1) is 9.59. The monoisotopic (exact) mass is 346 g/mol. The molecular weight excluding hydrogens is 335 g/mol. The molecule has 0 aliphatic carbocycles. The van der Waals surface area contributed by atoms with Gasteiger partial charge in [0.1, 0.15) is 6.07 Å². The van der Waals surface area contributed by atoms with Gasteiger partial charge >= 0.3 is 51.4 Å². The van der Waals surface area contributed by atoms with E-state index >= 15 is 0 Å². The Kier molecular flexibility index (Phi) is 7.92. The van der Waals surface area contributed by atoms with Crippen molar-refractivity contribution < 1.29 is 66.2 Å². The van der Waals surface area contributed by atoms with Gasteiger partial charge in [-0.3, -0.25) is 14.9 Å². The molecule has 1 aromatic carbocycles. The molecule has 0 bridgehead atoms. The van der Waals surface area contributed by atoms with Crippen molar-refractivity contribution >= 4 is 28.8 Å². The van der Waals surface area contributed by atoms with Gasteiger partial charge in [0.2, 0.25) is 0 Å². The first kappa shape index (κ1) is 21.2. The van der Waals surface area contributed by atoms with Crippen LogP contribution in [0.2, 0.25) is 5.02 Å². The third-order valence-electron chi connectivity index (χ3n) is 2.65. The van der Waals surface area contributed by atoms with Crippen molar-refractivity contribution in [3.8, 4) is 6.07 Å². The van der Waals surface area contributed by atoms with E-state index in [1.807, 2.05) is 0 Å². The molecule has 0 saturated heterocycles. The smallest absolute Gasteiger partial charge is 0.871 e. The number of allylic oxidation sites excluding steroid dienone is 1. The zero-order valence-electron chi connectivity index (χ0n) is 12.6. The number of hydrogen-bond donors (Lipinski definition) is 0. The van der Waals surface area contributed by atoms with Gasteiger partial charge in [-0.2, -0.15) is 5.26 Å². The molecule has 0 aliphatic heterocycles. The number of nitriles is 1. The number of nitro benzene ring substituents is 1. The normalized spacial score (nSPS) is 11.8. The van der Waals surface area contributed by atoms with Crippen molar-refractivity contribution in [2.75, 3.05) is 0 Å². The van der Waals surface area contributed by atoms with Crippen molar-refractivity contribution in [1.82, 2.24) is 0 Å². The number of nitrogens with zero attached hydrogens (tertiary/aromatic N) is 2. The standard InChI is InChI=1S/C14H13ClN2O4.K/c1-14(2,3)13(19)10(7-16)12(18)9-5-4-8(15)6-11(9)17(20)21;/h4-6,18H,1-3H3;/q;+1/p-1/b12-10-;. The van der Waals surface area contributed by atoms with Crippen LogP contribution in [-0.2, 0) is 4.79 Å². The van der Waals surface area contributed by atoms with Gasteiger partial charge < -0.3 is 5.11 Å².